The van der Waals surface area contributed by atoms with E-state index in [0.717, 1.165) is 0 Å². The molecule has 0 aliphatic heterocycles. The molecular weight excluding hydrogens is 192 g/mol. The largest absolute Gasteiger partial charge is 0.499 e. The van der Waals surface area contributed by atoms with Crippen molar-refractivity contribution in [2.24, 2.45) is 0 Å². The van der Waals surface area contributed by atoms with Crippen LogP contribution in [-0.2, 0) is 13.3 Å². The molecule has 0 fully saturated rings. The molecule has 6 heteroatoms. The van der Waals surface area contributed by atoms with Crippen LogP contribution in [-0.4, -0.2) is 43.2 Å². The van der Waals surface area contributed by atoms with Gasteiger partial charge < -0.3 is 18.1 Å². The first kappa shape index (κ1) is 12.3. The normalized spacial score (nSPS) is 13.5. The van der Waals surface area contributed by atoms with Crippen LogP contribution in [0.5, 0.6) is 0 Å². The summed E-state index contributed by atoms with van der Waals surface area (Å²) in [4.78, 5) is 9.68. The zero-order valence-electron chi connectivity index (χ0n) is 8.38. The molecule has 0 amide bonds. The minimum absolute atomic E-state index is 0.531. The van der Waals surface area contributed by atoms with E-state index in [1.165, 1.54) is 0 Å². The van der Waals surface area contributed by atoms with Crippen LogP contribution in [0.3, 0.4) is 0 Å². The Balaban J connectivity index is 4.30. The van der Waals surface area contributed by atoms with E-state index >= 15 is 0 Å². The zero-order valence-corrected chi connectivity index (χ0v) is 10.4. The Hall–Kier alpha value is 0.274. The molecule has 0 aromatic heterocycles. The van der Waals surface area contributed by atoms with Gasteiger partial charge in [-0.1, -0.05) is 0 Å². The van der Waals surface area contributed by atoms with Gasteiger partial charge in [-0.05, 0) is 13.1 Å². The molecule has 0 aliphatic rings. The average molecular weight is 210 g/mol. The molecule has 0 atom stereocenters. The highest BCUT2D eigenvalue weighted by atomic mass is 28.4. The molecule has 0 saturated heterocycles. The van der Waals surface area contributed by atoms with Gasteiger partial charge in [0.25, 0.3) is 0 Å². The molecule has 0 radical (unpaired) electrons. The Morgan fingerprint density at radius 2 is 1.33 bits per heavy atom. The van der Waals surface area contributed by atoms with Gasteiger partial charge in [-0.25, -0.2) is 0 Å². The second-order valence-corrected chi connectivity index (χ2v) is 10.9. The van der Waals surface area contributed by atoms with Crippen molar-refractivity contribution in [1.29, 1.82) is 0 Å². The quantitative estimate of drug-likeness (QED) is 0.675. The lowest BCUT2D eigenvalue weighted by molar-refractivity contribution is 0.127. The van der Waals surface area contributed by atoms with Crippen molar-refractivity contribution in [1.82, 2.24) is 0 Å². The summed E-state index contributed by atoms with van der Waals surface area (Å²) in [6, 6.07) is 0. The van der Waals surface area contributed by atoms with Crippen LogP contribution in [0.1, 0.15) is 0 Å². The molecular formula is C6H18O4Si2. The summed E-state index contributed by atoms with van der Waals surface area (Å²) in [7, 11) is -0.0451. The van der Waals surface area contributed by atoms with Gasteiger partial charge in [0.15, 0.2) is 8.32 Å². The lowest BCUT2D eigenvalue weighted by Crippen LogP contribution is -2.50. The fraction of sp³-hybridized carbons (Fsp3) is 1.00. The Kier molecular flexibility index (Phi) is 4.60. The van der Waals surface area contributed by atoms with E-state index in [0.29, 0.717) is 5.67 Å². The van der Waals surface area contributed by atoms with Crippen molar-refractivity contribution in [3.63, 3.8) is 0 Å². The summed E-state index contributed by atoms with van der Waals surface area (Å²) in [5, 5.41) is 0. The SMILES string of the molecule is CO[Si](C[Si](C)(C)O)(OC)OC. The van der Waals surface area contributed by atoms with Crippen molar-refractivity contribution in [3.8, 4) is 0 Å². The molecule has 0 rings (SSSR count). The van der Waals surface area contributed by atoms with Crippen LogP contribution in [0.2, 0.25) is 18.8 Å². The summed E-state index contributed by atoms with van der Waals surface area (Å²) in [6.07, 6.45) is 0. The van der Waals surface area contributed by atoms with Crippen LogP contribution in [0.15, 0.2) is 0 Å². The third-order valence-electron chi connectivity index (χ3n) is 1.58. The molecule has 0 unspecified atom stereocenters. The highest BCUT2D eigenvalue weighted by Crippen LogP contribution is 2.19. The highest BCUT2D eigenvalue weighted by Gasteiger charge is 2.44. The molecule has 0 saturated carbocycles. The van der Waals surface area contributed by atoms with Gasteiger partial charge in [0, 0.05) is 27.0 Å². The lowest BCUT2D eigenvalue weighted by atomic mass is 11.8. The fourth-order valence-corrected chi connectivity index (χ4v) is 7.47. The fourth-order valence-electron chi connectivity index (χ4n) is 0.996. The molecule has 74 valence electrons. The van der Waals surface area contributed by atoms with Crippen molar-refractivity contribution in [3.05, 3.63) is 0 Å². The van der Waals surface area contributed by atoms with Gasteiger partial charge in [0.1, 0.15) is 0 Å². The molecule has 0 spiro atoms. The summed E-state index contributed by atoms with van der Waals surface area (Å²) >= 11 is 0. The van der Waals surface area contributed by atoms with Gasteiger partial charge in [0.2, 0.25) is 0 Å². The van der Waals surface area contributed by atoms with Crippen LogP contribution < -0.4 is 0 Å². The van der Waals surface area contributed by atoms with Crippen molar-refractivity contribution in [2.45, 2.75) is 18.8 Å². The van der Waals surface area contributed by atoms with Gasteiger partial charge in [0.05, 0.1) is 0 Å². The van der Waals surface area contributed by atoms with E-state index in [1.54, 1.807) is 21.3 Å². The standard InChI is InChI=1S/C6H18O4Si2/c1-8-12(9-2,10-3)6-11(4,5)7/h7H,6H2,1-5H3. The van der Waals surface area contributed by atoms with Crippen LogP contribution in [0.25, 0.3) is 0 Å². The van der Waals surface area contributed by atoms with Gasteiger partial charge in [-0.3, -0.25) is 0 Å². The second kappa shape index (κ2) is 4.49. The Labute approximate surface area is 76.0 Å². The first-order valence-electron chi connectivity index (χ1n) is 3.77. The Morgan fingerprint density at radius 3 is 1.42 bits per heavy atom. The van der Waals surface area contributed by atoms with Crippen molar-refractivity contribution >= 4 is 17.1 Å². The Morgan fingerprint density at radius 1 is 1.00 bits per heavy atom. The van der Waals surface area contributed by atoms with E-state index in [2.05, 4.69) is 0 Å². The smallest absolute Gasteiger partial charge is 0.432 e. The molecule has 0 aliphatic carbocycles. The second-order valence-electron chi connectivity index (χ2n) is 3.28. The molecule has 0 bridgehead atoms. The number of rotatable bonds is 5. The van der Waals surface area contributed by atoms with E-state index < -0.39 is 17.1 Å². The molecule has 0 aromatic carbocycles. The average Bonchev–Trinajstić information content (AvgIpc) is 1.99. The molecule has 0 aromatic rings. The maximum absolute atomic E-state index is 9.68. The predicted molar refractivity (Wildman–Crippen MR) is 51.3 cm³/mol. The van der Waals surface area contributed by atoms with E-state index in [9.17, 15) is 4.80 Å². The minimum atomic E-state index is -2.54. The molecule has 0 heterocycles. The zero-order chi connectivity index (χ0) is 9.83. The minimum Gasteiger partial charge on any atom is -0.432 e. The maximum atomic E-state index is 9.68. The number of hydrogen-bond acceptors (Lipinski definition) is 4. The first-order valence-corrected chi connectivity index (χ1v) is 8.85. The van der Waals surface area contributed by atoms with E-state index in [4.69, 9.17) is 13.3 Å². The third kappa shape index (κ3) is 3.79. The highest BCUT2D eigenvalue weighted by molar-refractivity contribution is 6.84. The van der Waals surface area contributed by atoms with E-state index in [1.807, 2.05) is 13.1 Å². The predicted octanol–water partition coefficient (Wildman–Crippen LogP) is 0.601. The maximum Gasteiger partial charge on any atom is 0.499 e. The summed E-state index contributed by atoms with van der Waals surface area (Å²) in [6.45, 7) is 3.68. The molecule has 4 nitrogen and oxygen atoms in total. The van der Waals surface area contributed by atoms with Crippen molar-refractivity contribution in [2.75, 3.05) is 21.3 Å². The Bertz CT molecular complexity index is 122. The van der Waals surface area contributed by atoms with E-state index in [-0.39, 0.29) is 0 Å². The number of hydrogen-bond donors (Lipinski definition) is 1. The van der Waals surface area contributed by atoms with Crippen LogP contribution >= 0.6 is 0 Å². The first-order chi connectivity index (χ1) is 5.39. The van der Waals surface area contributed by atoms with Crippen LogP contribution in [0, 0.1) is 0 Å². The van der Waals surface area contributed by atoms with Gasteiger partial charge in [-0.2, -0.15) is 0 Å². The lowest BCUT2D eigenvalue weighted by Gasteiger charge is -2.28. The molecule has 1 N–H and O–H groups in total. The van der Waals surface area contributed by atoms with Crippen molar-refractivity contribution < 1.29 is 18.1 Å². The monoisotopic (exact) mass is 210 g/mol. The third-order valence-corrected chi connectivity index (χ3v) is 8.64. The molecule has 12 heavy (non-hydrogen) atoms. The topological polar surface area (TPSA) is 47.9 Å². The summed E-state index contributed by atoms with van der Waals surface area (Å²) in [5.74, 6) is 0. The van der Waals surface area contributed by atoms with Crippen LogP contribution in [0.4, 0.5) is 0 Å². The van der Waals surface area contributed by atoms with Gasteiger partial charge in [-0.15, -0.1) is 0 Å². The summed E-state index contributed by atoms with van der Waals surface area (Å²) in [5.41, 5.74) is 0.531. The summed E-state index contributed by atoms with van der Waals surface area (Å²) < 4.78 is 15.5. The van der Waals surface area contributed by atoms with Gasteiger partial charge >= 0.3 is 8.80 Å².